The summed E-state index contributed by atoms with van der Waals surface area (Å²) in [5.74, 6) is 0.791. The number of carbonyl (C=O) groups excluding carboxylic acids is 1. The van der Waals surface area contributed by atoms with Crippen LogP contribution in [0.25, 0.3) is 10.6 Å². The van der Waals surface area contributed by atoms with Crippen LogP contribution in [0.15, 0.2) is 28.1 Å². The van der Waals surface area contributed by atoms with Crippen LogP contribution in [-0.4, -0.2) is 22.6 Å². The molecule has 0 aliphatic rings. The number of aromatic nitrogens is 2. The average molecular weight is 362 g/mol. The fraction of sp³-hybridized carbons (Fsp3) is 0.312. The van der Waals surface area contributed by atoms with Gasteiger partial charge in [0.15, 0.2) is 5.13 Å². The van der Waals surface area contributed by atoms with Crippen LogP contribution >= 0.6 is 22.7 Å². The van der Waals surface area contributed by atoms with E-state index in [-0.39, 0.29) is 5.91 Å². The molecule has 0 saturated carbocycles. The highest BCUT2D eigenvalue weighted by molar-refractivity contribution is 7.17. The predicted octanol–water partition coefficient (Wildman–Crippen LogP) is 3.04. The molecular weight excluding hydrogens is 344 g/mol. The van der Waals surface area contributed by atoms with E-state index in [9.17, 15) is 4.79 Å². The topological polar surface area (TPSA) is 94.0 Å². The fourth-order valence-corrected chi connectivity index (χ4v) is 3.98. The van der Waals surface area contributed by atoms with Crippen LogP contribution in [0.5, 0.6) is 0 Å². The van der Waals surface area contributed by atoms with Crippen molar-refractivity contribution in [3.63, 3.8) is 0 Å². The zero-order chi connectivity index (χ0) is 16.9. The number of rotatable bonds is 7. The molecule has 24 heavy (non-hydrogen) atoms. The first-order chi connectivity index (χ1) is 11.6. The summed E-state index contributed by atoms with van der Waals surface area (Å²) < 4.78 is 5.00. The molecule has 6 nitrogen and oxygen atoms in total. The van der Waals surface area contributed by atoms with Gasteiger partial charge in [0, 0.05) is 30.3 Å². The lowest BCUT2D eigenvalue weighted by Crippen LogP contribution is -2.25. The van der Waals surface area contributed by atoms with Crippen LogP contribution in [0.1, 0.15) is 22.8 Å². The predicted molar refractivity (Wildman–Crippen MR) is 96.1 cm³/mol. The highest BCUT2D eigenvalue weighted by atomic mass is 32.1. The van der Waals surface area contributed by atoms with Crippen LogP contribution in [0.2, 0.25) is 0 Å². The summed E-state index contributed by atoms with van der Waals surface area (Å²) in [6.07, 6.45) is 1.71. The number of amides is 1. The maximum atomic E-state index is 12.0. The number of hydrogen-bond donors (Lipinski definition) is 2. The summed E-state index contributed by atoms with van der Waals surface area (Å²) >= 11 is 3.07. The van der Waals surface area contributed by atoms with E-state index in [4.69, 9.17) is 10.3 Å². The number of nitrogens with two attached hydrogens (primary N) is 1. The highest BCUT2D eigenvalue weighted by Gasteiger charge is 2.14. The molecule has 0 aromatic carbocycles. The third-order valence-electron chi connectivity index (χ3n) is 3.43. The lowest BCUT2D eigenvalue weighted by Gasteiger charge is -2.04. The number of nitrogens with zero attached hydrogens (tertiary/aromatic N) is 2. The summed E-state index contributed by atoms with van der Waals surface area (Å²) in [5.41, 5.74) is 7.59. The van der Waals surface area contributed by atoms with Crippen LogP contribution in [0.3, 0.4) is 0 Å². The molecule has 0 aliphatic heterocycles. The molecule has 8 heteroatoms. The first-order valence-electron chi connectivity index (χ1n) is 7.60. The molecular formula is C16H18N4O2S2. The molecule has 3 rings (SSSR count). The molecule has 0 atom stereocenters. The highest BCUT2D eigenvalue weighted by Crippen LogP contribution is 2.33. The quantitative estimate of drug-likeness (QED) is 0.674. The van der Waals surface area contributed by atoms with Crippen molar-refractivity contribution in [1.82, 2.24) is 15.5 Å². The van der Waals surface area contributed by atoms with Gasteiger partial charge in [-0.2, -0.15) is 0 Å². The molecule has 3 N–H and O–H groups in total. The maximum absolute atomic E-state index is 12.0. The maximum Gasteiger partial charge on any atom is 0.220 e. The summed E-state index contributed by atoms with van der Waals surface area (Å²) in [6.45, 7) is 2.40. The molecule has 1 amide bonds. The molecule has 0 radical (unpaired) electrons. The fourth-order valence-electron chi connectivity index (χ4n) is 2.33. The third kappa shape index (κ3) is 4.21. The second kappa shape index (κ2) is 7.59. The second-order valence-corrected chi connectivity index (χ2v) is 7.39. The average Bonchev–Trinajstić information content (AvgIpc) is 3.26. The molecule has 0 spiro atoms. The number of hydrogen-bond acceptors (Lipinski definition) is 7. The Morgan fingerprint density at radius 2 is 2.29 bits per heavy atom. The molecule has 0 aliphatic carbocycles. The number of nitrogens with one attached hydrogen (secondary N) is 1. The first kappa shape index (κ1) is 16.7. The number of aryl methyl sites for hydroxylation is 2. The van der Waals surface area contributed by atoms with E-state index in [0.29, 0.717) is 30.9 Å². The zero-order valence-electron chi connectivity index (χ0n) is 13.2. The molecule has 0 saturated heterocycles. The summed E-state index contributed by atoms with van der Waals surface area (Å²) in [5, 5.41) is 9.35. The van der Waals surface area contributed by atoms with Gasteiger partial charge in [-0.25, -0.2) is 4.98 Å². The van der Waals surface area contributed by atoms with Crippen LogP contribution in [-0.2, 0) is 17.6 Å². The summed E-state index contributed by atoms with van der Waals surface area (Å²) in [4.78, 5) is 18.5. The van der Waals surface area contributed by atoms with Crippen molar-refractivity contribution in [2.75, 3.05) is 12.3 Å². The Hall–Kier alpha value is -2.19. The van der Waals surface area contributed by atoms with Crippen molar-refractivity contribution in [2.24, 2.45) is 0 Å². The van der Waals surface area contributed by atoms with Crippen molar-refractivity contribution in [3.05, 3.63) is 39.9 Å². The van der Waals surface area contributed by atoms with Crippen molar-refractivity contribution in [3.8, 4) is 10.6 Å². The number of carbonyl (C=O) groups is 1. The van der Waals surface area contributed by atoms with E-state index in [0.717, 1.165) is 26.9 Å². The van der Waals surface area contributed by atoms with E-state index in [2.05, 4.69) is 15.5 Å². The Morgan fingerprint density at radius 3 is 3.00 bits per heavy atom. The van der Waals surface area contributed by atoms with E-state index < -0.39 is 0 Å². The van der Waals surface area contributed by atoms with Gasteiger partial charge < -0.3 is 15.6 Å². The van der Waals surface area contributed by atoms with Gasteiger partial charge >= 0.3 is 0 Å². The van der Waals surface area contributed by atoms with Gasteiger partial charge in [0.05, 0.1) is 16.3 Å². The van der Waals surface area contributed by atoms with Crippen LogP contribution in [0.4, 0.5) is 5.13 Å². The first-order valence-corrected chi connectivity index (χ1v) is 9.29. The van der Waals surface area contributed by atoms with Crippen molar-refractivity contribution in [2.45, 2.75) is 26.2 Å². The Kier molecular flexibility index (Phi) is 5.27. The van der Waals surface area contributed by atoms with Gasteiger partial charge in [-0.15, -0.1) is 22.7 Å². The molecule has 3 aromatic heterocycles. The number of thiazole rings is 1. The number of anilines is 1. The number of nitrogen functional groups attached to an aromatic ring is 1. The Bertz CT molecular complexity index is 808. The van der Waals surface area contributed by atoms with E-state index in [1.54, 1.807) is 11.3 Å². The third-order valence-corrected chi connectivity index (χ3v) is 5.25. The zero-order valence-corrected chi connectivity index (χ0v) is 14.9. The van der Waals surface area contributed by atoms with E-state index in [1.165, 1.54) is 11.3 Å². The van der Waals surface area contributed by atoms with E-state index in [1.807, 2.05) is 30.5 Å². The van der Waals surface area contributed by atoms with Gasteiger partial charge in [-0.05, 0) is 24.8 Å². The molecule has 0 fully saturated rings. The molecule has 0 bridgehead atoms. The monoisotopic (exact) mass is 362 g/mol. The molecule has 3 heterocycles. The van der Waals surface area contributed by atoms with Crippen molar-refractivity contribution in [1.29, 1.82) is 0 Å². The largest absolute Gasteiger partial charge is 0.375 e. The Morgan fingerprint density at radius 1 is 1.42 bits per heavy atom. The standard InChI is InChI=1S/C16H18N4O2S2/c1-10-9-11(20-22-10)6-7-18-14(21)5-4-13-15(19-16(17)24-13)12-3-2-8-23-12/h2-3,8-9H,4-7H2,1H3,(H2,17,19)(H,18,21). The normalized spacial score (nSPS) is 10.9. The Balaban J connectivity index is 1.50. The van der Waals surface area contributed by atoms with Gasteiger partial charge in [0.2, 0.25) is 5.91 Å². The smallest absolute Gasteiger partial charge is 0.220 e. The van der Waals surface area contributed by atoms with Gasteiger partial charge in [0.25, 0.3) is 0 Å². The molecule has 126 valence electrons. The van der Waals surface area contributed by atoms with Crippen LogP contribution in [0, 0.1) is 6.92 Å². The minimum Gasteiger partial charge on any atom is -0.375 e. The summed E-state index contributed by atoms with van der Waals surface area (Å²) in [6, 6.07) is 5.87. The minimum atomic E-state index is 0.0133. The van der Waals surface area contributed by atoms with Crippen LogP contribution < -0.4 is 11.1 Å². The van der Waals surface area contributed by atoms with Crippen molar-refractivity contribution >= 4 is 33.7 Å². The molecule has 0 unspecified atom stereocenters. The van der Waals surface area contributed by atoms with Gasteiger partial charge in [-0.1, -0.05) is 11.2 Å². The molecule has 3 aromatic rings. The second-order valence-electron chi connectivity index (χ2n) is 5.33. The summed E-state index contributed by atoms with van der Waals surface area (Å²) in [7, 11) is 0. The lowest BCUT2D eigenvalue weighted by molar-refractivity contribution is -0.121. The minimum absolute atomic E-state index is 0.0133. The number of thiophene rings is 1. The van der Waals surface area contributed by atoms with Crippen molar-refractivity contribution < 1.29 is 9.32 Å². The SMILES string of the molecule is Cc1cc(CCNC(=O)CCc2sc(N)nc2-c2cccs2)no1. The Labute approximate surface area is 147 Å². The van der Waals surface area contributed by atoms with E-state index >= 15 is 0 Å². The van der Waals surface area contributed by atoms with Gasteiger partial charge in [-0.3, -0.25) is 4.79 Å². The van der Waals surface area contributed by atoms with Gasteiger partial charge in [0.1, 0.15) is 5.76 Å². The lowest BCUT2D eigenvalue weighted by atomic mass is 10.2.